The summed E-state index contributed by atoms with van der Waals surface area (Å²) in [5.41, 5.74) is 7.82. The quantitative estimate of drug-likeness (QED) is 0.642. The summed E-state index contributed by atoms with van der Waals surface area (Å²) in [6.45, 7) is 0.558. The second-order valence-corrected chi connectivity index (χ2v) is 7.14. The highest BCUT2D eigenvalue weighted by Crippen LogP contribution is 2.39. The minimum Gasteiger partial charge on any atom is -0.472 e. The number of hydrogen-bond acceptors (Lipinski definition) is 2. The Kier molecular flexibility index (Phi) is 3.40. The lowest BCUT2D eigenvalue weighted by atomic mass is 10.0. The Hall–Kier alpha value is -2.23. The summed E-state index contributed by atoms with van der Waals surface area (Å²) < 4.78 is 7.45. The average Bonchev–Trinajstić information content (AvgIpc) is 3.20. The van der Waals surface area contributed by atoms with E-state index < -0.39 is 0 Å². The fourth-order valence-electron chi connectivity index (χ4n) is 3.80. The van der Waals surface area contributed by atoms with Crippen LogP contribution in [0.1, 0.15) is 24.1 Å². The van der Waals surface area contributed by atoms with E-state index in [2.05, 4.69) is 10.6 Å². The number of aliphatic imine (C=N–C) groups is 1. The lowest BCUT2D eigenvalue weighted by Gasteiger charge is -2.14. The Bertz CT molecular complexity index is 1020. The molecule has 2 aliphatic heterocycles. The molecule has 3 aliphatic rings. The molecule has 0 atom stereocenters. The first kappa shape index (κ1) is 15.1. The van der Waals surface area contributed by atoms with Crippen LogP contribution in [-0.4, -0.2) is 10.3 Å². The maximum Gasteiger partial charge on any atom is 0.0939 e. The molecular weight excluding hydrogens is 355 g/mol. The molecule has 0 saturated heterocycles. The summed E-state index contributed by atoms with van der Waals surface area (Å²) in [5, 5.41) is 1.28. The van der Waals surface area contributed by atoms with Crippen LogP contribution < -0.4 is 0 Å². The number of benzene rings is 1. The minimum atomic E-state index is 0.558. The zero-order valence-electron chi connectivity index (χ0n) is 13.3. The van der Waals surface area contributed by atoms with Crippen molar-refractivity contribution in [3.63, 3.8) is 0 Å². The zero-order valence-corrected chi connectivity index (χ0v) is 14.8. The Morgan fingerprint density at radius 2 is 2.08 bits per heavy atom. The van der Waals surface area contributed by atoms with E-state index in [-0.39, 0.29) is 0 Å². The number of ether oxygens (including phenoxy) is 1. The Morgan fingerprint density at radius 1 is 1.16 bits per heavy atom. The van der Waals surface area contributed by atoms with Crippen molar-refractivity contribution in [1.29, 1.82) is 0 Å². The molecule has 5 rings (SSSR count). The first-order valence-electron chi connectivity index (χ1n) is 8.18. The highest BCUT2D eigenvalue weighted by Gasteiger charge is 2.28. The van der Waals surface area contributed by atoms with Crippen LogP contribution in [-0.2, 0) is 11.3 Å². The van der Waals surface area contributed by atoms with Gasteiger partial charge in [0.1, 0.15) is 0 Å². The predicted molar refractivity (Wildman–Crippen MR) is 101 cm³/mol. The molecule has 0 unspecified atom stereocenters. The lowest BCUT2D eigenvalue weighted by Crippen LogP contribution is -2.10. The third-order valence-electron chi connectivity index (χ3n) is 4.87. The standard InChI is InChI=1S/C20H14Cl2N2O/c21-14-8-13-10-23-19(16-4-3-12-11-25-7-5-15(12)16)18-2-1-6-24(18)20(13)17(22)9-14/h1-2,5-9,11H,3-4,10H2. The van der Waals surface area contributed by atoms with Gasteiger partial charge in [-0.2, -0.15) is 0 Å². The van der Waals surface area contributed by atoms with Gasteiger partial charge in [0.25, 0.3) is 0 Å². The monoisotopic (exact) mass is 368 g/mol. The Balaban J connectivity index is 1.73. The molecule has 3 heterocycles. The van der Waals surface area contributed by atoms with Crippen molar-refractivity contribution in [3.05, 3.63) is 87.1 Å². The van der Waals surface area contributed by atoms with Gasteiger partial charge in [-0.1, -0.05) is 23.2 Å². The molecule has 1 aromatic heterocycles. The van der Waals surface area contributed by atoms with E-state index in [1.54, 1.807) is 12.3 Å². The lowest BCUT2D eigenvalue weighted by molar-refractivity contribution is 0.393. The van der Waals surface area contributed by atoms with Gasteiger partial charge in [-0.15, -0.1) is 0 Å². The molecule has 0 spiro atoms. The Labute approximate surface area is 155 Å². The molecule has 0 radical (unpaired) electrons. The second-order valence-electron chi connectivity index (χ2n) is 6.30. The molecule has 25 heavy (non-hydrogen) atoms. The molecule has 3 nitrogen and oxygen atoms in total. The molecular formula is C20H14Cl2N2O. The summed E-state index contributed by atoms with van der Waals surface area (Å²) in [5.74, 6) is 0. The van der Waals surface area contributed by atoms with E-state index in [4.69, 9.17) is 32.9 Å². The number of allylic oxidation sites excluding steroid dienone is 4. The summed E-state index contributed by atoms with van der Waals surface area (Å²) >= 11 is 12.7. The van der Waals surface area contributed by atoms with Crippen LogP contribution >= 0.6 is 23.2 Å². The summed E-state index contributed by atoms with van der Waals surface area (Å²) in [7, 11) is 0. The van der Waals surface area contributed by atoms with Gasteiger partial charge in [-0.05, 0) is 59.9 Å². The number of fused-ring (bicyclic) bond motifs is 4. The van der Waals surface area contributed by atoms with Crippen LogP contribution in [0.5, 0.6) is 0 Å². The maximum atomic E-state index is 6.52. The molecule has 0 bridgehead atoms. The zero-order chi connectivity index (χ0) is 17.0. The van der Waals surface area contributed by atoms with Crippen LogP contribution in [0.15, 0.2) is 70.8 Å². The van der Waals surface area contributed by atoms with Gasteiger partial charge in [0.2, 0.25) is 0 Å². The van der Waals surface area contributed by atoms with E-state index in [0.29, 0.717) is 16.6 Å². The number of aromatic nitrogens is 1. The van der Waals surface area contributed by atoms with E-state index >= 15 is 0 Å². The number of nitrogens with zero attached hydrogens (tertiary/aromatic N) is 2. The molecule has 0 saturated carbocycles. The van der Waals surface area contributed by atoms with Gasteiger partial charge in [0.05, 0.1) is 41.2 Å². The smallest absolute Gasteiger partial charge is 0.0939 e. The number of rotatable bonds is 1. The molecule has 0 amide bonds. The van der Waals surface area contributed by atoms with Gasteiger partial charge in [-0.25, -0.2) is 0 Å². The van der Waals surface area contributed by atoms with Crippen LogP contribution in [0.4, 0.5) is 0 Å². The fourth-order valence-corrected chi connectivity index (χ4v) is 4.43. The first-order chi connectivity index (χ1) is 12.2. The summed E-state index contributed by atoms with van der Waals surface area (Å²) in [6.07, 6.45) is 9.58. The van der Waals surface area contributed by atoms with E-state index in [1.807, 2.05) is 30.7 Å². The van der Waals surface area contributed by atoms with Crippen molar-refractivity contribution in [3.8, 4) is 5.69 Å². The molecule has 2 aromatic rings. The number of halogens is 2. The third-order valence-corrected chi connectivity index (χ3v) is 5.38. The normalized spacial score (nSPS) is 18.0. The molecule has 1 aromatic carbocycles. The number of hydrogen-bond donors (Lipinski definition) is 0. The van der Waals surface area contributed by atoms with Crippen molar-refractivity contribution in [2.45, 2.75) is 19.4 Å². The molecule has 124 valence electrons. The third kappa shape index (κ3) is 2.30. The van der Waals surface area contributed by atoms with Gasteiger partial charge >= 0.3 is 0 Å². The molecule has 0 N–H and O–H groups in total. The topological polar surface area (TPSA) is 26.5 Å². The van der Waals surface area contributed by atoms with Crippen LogP contribution in [0.2, 0.25) is 10.0 Å². The summed E-state index contributed by atoms with van der Waals surface area (Å²) in [6, 6.07) is 7.86. The average molecular weight is 369 g/mol. The Morgan fingerprint density at radius 3 is 3.00 bits per heavy atom. The van der Waals surface area contributed by atoms with Gasteiger partial charge in [0, 0.05) is 16.8 Å². The minimum absolute atomic E-state index is 0.558. The fraction of sp³-hybridized carbons (Fsp3) is 0.150. The van der Waals surface area contributed by atoms with Crippen molar-refractivity contribution in [2.24, 2.45) is 4.99 Å². The molecule has 1 aliphatic carbocycles. The highest BCUT2D eigenvalue weighted by atomic mass is 35.5. The van der Waals surface area contributed by atoms with Crippen molar-refractivity contribution in [2.75, 3.05) is 0 Å². The maximum absolute atomic E-state index is 6.52. The van der Waals surface area contributed by atoms with Crippen molar-refractivity contribution >= 4 is 28.9 Å². The van der Waals surface area contributed by atoms with Gasteiger partial charge < -0.3 is 9.30 Å². The van der Waals surface area contributed by atoms with Crippen LogP contribution in [0.25, 0.3) is 5.69 Å². The molecule has 0 fully saturated rings. The second kappa shape index (κ2) is 5.65. The van der Waals surface area contributed by atoms with Gasteiger partial charge in [0.15, 0.2) is 0 Å². The summed E-state index contributed by atoms with van der Waals surface area (Å²) in [4.78, 5) is 4.95. The van der Waals surface area contributed by atoms with E-state index in [1.165, 1.54) is 16.7 Å². The van der Waals surface area contributed by atoms with Crippen LogP contribution in [0, 0.1) is 0 Å². The van der Waals surface area contributed by atoms with Crippen molar-refractivity contribution in [1.82, 2.24) is 4.57 Å². The predicted octanol–water partition coefficient (Wildman–Crippen LogP) is 5.61. The molecule has 5 heteroatoms. The van der Waals surface area contributed by atoms with Crippen molar-refractivity contribution < 1.29 is 4.74 Å². The SMILES string of the molecule is Clc1cc(Cl)c2c(c1)CN=C(C1=C3C=COC=C3CC1)c1cccn1-2. The van der Waals surface area contributed by atoms with E-state index in [9.17, 15) is 0 Å². The highest BCUT2D eigenvalue weighted by molar-refractivity contribution is 6.36. The van der Waals surface area contributed by atoms with Gasteiger partial charge in [-0.3, -0.25) is 4.99 Å². The first-order valence-corrected chi connectivity index (χ1v) is 8.93. The largest absolute Gasteiger partial charge is 0.472 e. The van der Waals surface area contributed by atoms with E-state index in [0.717, 1.165) is 35.5 Å². The van der Waals surface area contributed by atoms with Crippen LogP contribution in [0.3, 0.4) is 0 Å².